The molecule has 2 heteroatoms. The lowest BCUT2D eigenvalue weighted by Crippen LogP contribution is -2.54. The van der Waals surface area contributed by atoms with Gasteiger partial charge in [0, 0.05) is 20.1 Å². The molecule has 0 aromatic carbocycles. The summed E-state index contributed by atoms with van der Waals surface area (Å²) in [5.74, 6) is 0.975. The highest BCUT2D eigenvalue weighted by atomic mass is 15.5. The van der Waals surface area contributed by atoms with Crippen LogP contribution in [0, 0.1) is 5.92 Å². The first-order valence-electron chi connectivity index (χ1n) is 5.38. The van der Waals surface area contributed by atoms with Gasteiger partial charge in [0.1, 0.15) is 0 Å². The number of hydrogen-bond acceptors (Lipinski definition) is 2. The minimum absolute atomic E-state index is 0. The van der Waals surface area contributed by atoms with Crippen LogP contribution in [0.4, 0.5) is 0 Å². The van der Waals surface area contributed by atoms with Gasteiger partial charge in [0.05, 0.1) is 0 Å². The molecule has 2 unspecified atom stereocenters. The highest BCUT2D eigenvalue weighted by Crippen LogP contribution is 2.35. The van der Waals surface area contributed by atoms with Crippen molar-refractivity contribution in [2.75, 3.05) is 6.54 Å². The molecule has 1 N–H and O–H groups in total. The fourth-order valence-corrected chi connectivity index (χ4v) is 2.84. The van der Waals surface area contributed by atoms with Crippen LogP contribution in [0.15, 0.2) is 0 Å². The summed E-state index contributed by atoms with van der Waals surface area (Å²) in [4.78, 5) is 0. The minimum Gasteiger partial charge on any atom is -0.252 e. The molecule has 0 aromatic rings. The Morgan fingerprint density at radius 1 is 1.42 bits per heavy atom. The Morgan fingerprint density at radius 2 is 2.25 bits per heavy atom. The molecular formula is C10H22N2. The van der Waals surface area contributed by atoms with Gasteiger partial charge in [0.15, 0.2) is 0 Å². The van der Waals surface area contributed by atoms with Crippen molar-refractivity contribution in [3.63, 3.8) is 0 Å². The Bertz CT molecular complexity index is 147. The first-order valence-corrected chi connectivity index (χ1v) is 5.38. The van der Waals surface area contributed by atoms with E-state index in [4.69, 9.17) is 0 Å². The zero-order valence-corrected chi connectivity index (χ0v) is 8.21. The summed E-state index contributed by atoms with van der Waals surface area (Å²) < 4.78 is 0. The third-order valence-electron chi connectivity index (χ3n) is 3.57. The molecule has 1 saturated carbocycles. The number of nitrogens with one attached hydrogen (secondary N) is 1. The lowest BCUT2D eigenvalue weighted by Gasteiger charge is -2.38. The van der Waals surface area contributed by atoms with E-state index in [9.17, 15) is 0 Å². The van der Waals surface area contributed by atoms with Gasteiger partial charge in [0.25, 0.3) is 0 Å². The summed E-state index contributed by atoms with van der Waals surface area (Å²) in [6.45, 7) is 5.70. The highest BCUT2D eigenvalue weighted by molar-refractivity contribution is 4.92. The number of rotatable bonds is 2. The Hall–Kier alpha value is -0.0800. The van der Waals surface area contributed by atoms with Gasteiger partial charge >= 0.3 is 0 Å². The zero-order chi connectivity index (χ0) is 8.55. The lowest BCUT2D eigenvalue weighted by molar-refractivity contribution is 0.0580. The molecule has 2 fully saturated rings. The second kappa shape index (κ2) is 3.35. The van der Waals surface area contributed by atoms with E-state index in [0.29, 0.717) is 0 Å². The normalized spacial score (nSPS) is 42.0. The van der Waals surface area contributed by atoms with Crippen LogP contribution in [-0.2, 0) is 0 Å². The van der Waals surface area contributed by atoms with E-state index >= 15 is 0 Å². The van der Waals surface area contributed by atoms with Crippen LogP contribution in [0.5, 0.6) is 0 Å². The predicted molar refractivity (Wildman–Crippen MR) is 52.8 cm³/mol. The monoisotopic (exact) mass is 170 g/mol. The number of hydrogen-bond donors (Lipinski definition) is 1. The van der Waals surface area contributed by atoms with Crippen molar-refractivity contribution in [1.82, 2.24) is 10.4 Å². The average Bonchev–Trinajstić information content (AvgIpc) is 2.51. The van der Waals surface area contributed by atoms with E-state index < -0.39 is 0 Å². The Labute approximate surface area is 76.8 Å². The molecule has 3 atom stereocenters. The Morgan fingerprint density at radius 3 is 2.92 bits per heavy atom. The largest absolute Gasteiger partial charge is 0.252 e. The number of fused-ring (bicyclic) bond motifs is 2. The second-order valence-electron chi connectivity index (χ2n) is 4.16. The molecule has 2 rings (SSSR count). The van der Waals surface area contributed by atoms with Gasteiger partial charge in [-0.25, -0.2) is 5.01 Å². The second-order valence-corrected chi connectivity index (χ2v) is 4.16. The van der Waals surface area contributed by atoms with E-state index in [0.717, 1.165) is 24.5 Å². The molecule has 1 saturated heterocycles. The third-order valence-corrected chi connectivity index (χ3v) is 3.57. The van der Waals surface area contributed by atoms with Gasteiger partial charge in [-0.15, -0.1) is 0 Å². The predicted octanol–water partition coefficient (Wildman–Crippen LogP) is 2.02. The van der Waals surface area contributed by atoms with Crippen LogP contribution in [0.3, 0.4) is 0 Å². The van der Waals surface area contributed by atoms with Crippen LogP contribution in [0.1, 0.15) is 41.0 Å². The Kier molecular flexibility index (Phi) is 2.37. The average molecular weight is 170 g/mol. The summed E-state index contributed by atoms with van der Waals surface area (Å²) in [6, 6.07) is 1.62. The molecule has 2 bridgehead atoms. The Balaban J connectivity index is 0.000000845. The molecule has 0 radical (unpaired) electrons. The standard InChI is InChI=1S/C10H20N2.H2/c1-3-10-8-5-6-9(7-8)12(4-2)11-10;/h8-11H,3-7H2,1-2H3;1H/t8?,9?,10-;/m1./s1. The van der Waals surface area contributed by atoms with Gasteiger partial charge in [-0.2, -0.15) is 0 Å². The first-order chi connectivity index (χ1) is 5.85. The van der Waals surface area contributed by atoms with Gasteiger partial charge in [0.2, 0.25) is 0 Å². The van der Waals surface area contributed by atoms with Crippen LogP contribution in [0.25, 0.3) is 0 Å². The molecule has 1 aliphatic carbocycles. The van der Waals surface area contributed by atoms with E-state index in [-0.39, 0.29) is 1.43 Å². The number of hydrazine groups is 1. The highest BCUT2D eigenvalue weighted by Gasteiger charge is 2.38. The fourth-order valence-electron chi connectivity index (χ4n) is 2.84. The maximum absolute atomic E-state index is 3.65. The van der Waals surface area contributed by atoms with Gasteiger partial charge in [-0.1, -0.05) is 13.8 Å². The molecule has 2 nitrogen and oxygen atoms in total. The van der Waals surface area contributed by atoms with E-state index in [1.54, 1.807) is 0 Å². The smallest absolute Gasteiger partial charge is 0.0246 e. The molecule has 0 amide bonds. The molecule has 1 heterocycles. The van der Waals surface area contributed by atoms with Crippen molar-refractivity contribution >= 4 is 0 Å². The van der Waals surface area contributed by atoms with E-state index in [1.165, 1.54) is 25.7 Å². The molecule has 2 aliphatic rings. The van der Waals surface area contributed by atoms with Crippen molar-refractivity contribution in [3.05, 3.63) is 0 Å². The van der Waals surface area contributed by atoms with Gasteiger partial charge < -0.3 is 0 Å². The summed E-state index contributed by atoms with van der Waals surface area (Å²) in [6.07, 6.45) is 5.60. The van der Waals surface area contributed by atoms with Crippen LogP contribution in [-0.4, -0.2) is 23.6 Å². The summed E-state index contributed by atoms with van der Waals surface area (Å²) in [7, 11) is 0. The van der Waals surface area contributed by atoms with E-state index in [2.05, 4.69) is 24.3 Å². The van der Waals surface area contributed by atoms with Crippen molar-refractivity contribution < 1.29 is 1.43 Å². The van der Waals surface area contributed by atoms with Gasteiger partial charge in [-0.05, 0) is 31.6 Å². The van der Waals surface area contributed by atoms with E-state index in [1.807, 2.05) is 0 Å². The van der Waals surface area contributed by atoms with Gasteiger partial charge in [-0.3, -0.25) is 5.43 Å². The fraction of sp³-hybridized carbons (Fsp3) is 1.00. The molecule has 1 aliphatic heterocycles. The first kappa shape index (κ1) is 8.52. The summed E-state index contributed by atoms with van der Waals surface area (Å²) in [5, 5.41) is 2.46. The number of nitrogens with zero attached hydrogens (tertiary/aromatic N) is 1. The van der Waals surface area contributed by atoms with Crippen molar-refractivity contribution in [3.8, 4) is 0 Å². The molecule has 0 spiro atoms. The molecule has 72 valence electrons. The van der Waals surface area contributed by atoms with Crippen LogP contribution in [0.2, 0.25) is 0 Å². The minimum atomic E-state index is 0. The van der Waals surface area contributed by atoms with Crippen molar-refractivity contribution in [1.29, 1.82) is 0 Å². The quantitative estimate of drug-likeness (QED) is 0.682. The maximum atomic E-state index is 3.65. The van der Waals surface area contributed by atoms with Crippen LogP contribution < -0.4 is 5.43 Å². The molecule has 12 heavy (non-hydrogen) atoms. The topological polar surface area (TPSA) is 15.3 Å². The SMILES string of the molecule is CC[C@H]1NN(CC)C2CCC1C2.[HH]. The maximum Gasteiger partial charge on any atom is 0.0246 e. The molecular weight excluding hydrogens is 148 g/mol. The van der Waals surface area contributed by atoms with Crippen molar-refractivity contribution in [2.45, 2.75) is 51.6 Å². The zero-order valence-electron chi connectivity index (χ0n) is 8.21. The van der Waals surface area contributed by atoms with Crippen molar-refractivity contribution in [2.24, 2.45) is 5.92 Å². The summed E-state index contributed by atoms with van der Waals surface area (Å²) >= 11 is 0. The molecule has 0 aromatic heterocycles. The van der Waals surface area contributed by atoms with Crippen LogP contribution >= 0.6 is 0 Å². The third kappa shape index (κ3) is 1.27. The summed E-state index contributed by atoms with van der Waals surface area (Å²) in [5.41, 5.74) is 3.65. The lowest BCUT2D eigenvalue weighted by atomic mass is 9.95.